The van der Waals surface area contributed by atoms with Gasteiger partial charge in [-0.15, -0.1) is 0 Å². The predicted molar refractivity (Wildman–Crippen MR) is 101 cm³/mol. The minimum Gasteiger partial charge on any atom is -0.372 e. The highest BCUT2D eigenvalue weighted by Crippen LogP contribution is 2.22. The summed E-state index contributed by atoms with van der Waals surface area (Å²) >= 11 is 0. The maximum Gasteiger partial charge on any atom is 0.269 e. The molecule has 3 aromatic rings. The first-order chi connectivity index (χ1) is 12.1. The summed E-state index contributed by atoms with van der Waals surface area (Å²) in [7, 11) is 0. The van der Waals surface area contributed by atoms with Gasteiger partial charge in [-0.1, -0.05) is 12.0 Å². The molecule has 126 valence electrons. The molecule has 5 heteroatoms. The Balaban J connectivity index is 1.86. The van der Waals surface area contributed by atoms with E-state index in [-0.39, 0.29) is 5.69 Å². The molecule has 0 aliphatic rings. The fraction of sp³-hybridized carbons (Fsp3) is 0.200. The number of hydrogen-bond acceptors (Lipinski definition) is 3. The highest BCUT2D eigenvalue weighted by Gasteiger charge is 2.05. The Kier molecular flexibility index (Phi) is 4.71. The quantitative estimate of drug-likeness (QED) is 0.439. The van der Waals surface area contributed by atoms with Gasteiger partial charge in [0.1, 0.15) is 0 Å². The van der Waals surface area contributed by atoms with Crippen LogP contribution in [0.2, 0.25) is 0 Å². The molecule has 0 amide bonds. The van der Waals surface area contributed by atoms with E-state index in [0.717, 1.165) is 35.2 Å². The van der Waals surface area contributed by atoms with Gasteiger partial charge in [0.25, 0.3) is 5.69 Å². The van der Waals surface area contributed by atoms with E-state index in [1.807, 2.05) is 6.07 Å². The van der Waals surface area contributed by atoms with Gasteiger partial charge in [-0.2, -0.15) is 0 Å². The standard InChI is InChI=1S/C20H19N3O2/c1-3-22(4-2)19-12-8-16-13-17(21-20(16)14-19)9-5-15-6-10-18(11-7-15)23(24)25/h6-8,10-14,21H,3-4H2,1-2H3. The minimum atomic E-state index is -0.414. The van der Waals surface area contributed by atoms with E-state index in [2.05, 4.69) is 53.8 Å². The molecule has 5 nitrogen and oxygen atoms in total. The summed E-state index contributed by atoms with van der Waals surface area (Å²) in [6, 6.07) is 14.6. The van der Waals surface area contributed by atoms with Crippen LogP contribution in [0, 0.1) is 22.0 Å². The van der Waals surface area contributed by atoms with E-state index >= 15 is 0 Å². The third-order valence-electron chi connectivity index (χ3n) is 4.15. The molecule has 0 spiro atoms. The Morgan fingerprint density at radius 3 is 2.40 bits per heavy atom. The maximum atomic E-state index is 10.7. The number of benzene rings is 2. The second kappa shape index (κ2) is 7.10. The number of nitro benzene ring substituents is 1. The number of nitro groups is 1. The van der Waals surface area contributed by atoms with Gasteiger partial charge in [0.05, 0.1) is 10.6 Å². The zero-order valence-electron chi connectivity index (χ0n) is 14.2. The topological polar surface area (TPSA) is 62.2 Å². The molecule has 0 aliphatic heterocycles. The number of non-ortho nitro benzene ring substituents is 1. The molecule has 1 heterocycles. The van der Waals surface area contributed by atoms with E-state index in [0.29, 0.717) is 0 Å². The first-order valence-electron chi connectivity index (χ1n) is 8.25. The van der Waals surface area contributed by atoms with Crippen LogP contribution in [0.4, 0.5) is 11.4 Å². The highest BCUT2D eigenvalue weighted by atomic mass is 16.6. The molecule has 1 N–H and O–H groups in total. The van der Waals surface area contributed by atoms with Crippen molar-refractivity contribution in [3.05, 3.63) is 69.9 Å². The van der Waals surface area contributed by atoms with Crippen molar-refractivity contribution in [3.8, 4) is 11.8 Å². The minimum absolute atomic E-state index is 0.0695. The Morgan fingerprint density at radius 1 is 1.04 bits per heavy atom. The fourth-order valence-corrected chi connectivity index (χ4v) is 2.77. The van der Waals surface area contributed by atoms with Crippen LogP contribution >= 0.6 is 0 Å². The van der Waals surface area contributed by atoms with Crippen LogP contribution in [-0.4, -0.2) is 23.0 Å². The smallest absolute Gasteiger partial charge is 0.269 e. The van der Waals surface area contributed by atoms with Crippen LogP contribution in [0.25, 0.3) is 10.9 Å². The van der Waals surface area contributed by atoms with Crippen LogP contribution in [0.3, 0.4) is 0 Å². The van der Waals surface area contributed by atoms with Crippen LogP contribution in [0.1, 0.15) is 25.1 Å². The van der Waals surface area contributed by atoms with E-state index in [9.17, 15) is 10.1 Å². The third-order valence-corrected chi connectivity index (χ3v) is 4.15. The Labute approximate surface area is 146 Å². The van der Waals surface area contributed by atoms with Crippen molar-refractivity contribution < 1.29 is 4.92 Å². The van der Waals surface area contributed by atoms with Crippen LogP contribution in [0.5, 0.6) is 0 Å². The third kappa shape index (κ3) is 3.64. The number of nitrogens with zero attached hydrogens (tertiary/aromatic N) is 2. The SMILES string of the molecule is CCN(CC)c1ccc2cc(C#Cc3ccc([N+](=O)[O-])cc3)[nH]c2c1. The van der Waals surface area contributed by atoms with Crippen molar-refractivity contribution in [1.82, 2.24) is 4.98 Å². The summed E-state index contributed by atoms with van der Waals surface area (Å²) in [5.41, 5.74) is 3.88. The lowest BCUT2D eigenvalue weighted by Crippen LogP contribution is -2.21. The average molecular weight is 333 g/mol. The second-order valence-electron chi connectivity index (χ2n) is 5.68. The molecule has 0 radical (unpaired) electrons. The fourth-order valence-electron chi connectivity index (χ4n) is 2.77. The van der Waals surface area contributed by atoms with E-state index in [1.165, 1.54) is 17.8 Å². The van der Waals surface area contributed by atoms with Crippen molar-refractivity contribution in [3.63, 3.8) is 0 Å². The molecular formula is C20H19N3O2. The first kappa shape index (κ1) is 16.6. The Bertz CT molecular complexity index is 958. The van der Waals surface area contributed by atoms with Crippen LogP contribution in [-0.2, 0) is 0 Å². The summed E-state index contributed by atoms with van der Waals surface area (Å²) in [4.78, 5) is 15.9. The van der Waals surface area contributed by atoms with Crippen LogP contribution < -0.4 is 4.90 Å². The largest absolute Gasteiger partial charge is 0.372 e. The van der Waals surface area contributed by atoms with Crippen LogP contribution in [0.15, 0.2) is 48.5 Å². The maximum absolute atomic E-state index is 10.7. The number of aromatic nitrogens is 1. The lowest BCUT2D eigenvalue weighted by atomic mass is 10.2. The first-order valence-corrected chi connectivity index (χ1v) is 8.25. The molecular weight excluding hydrogens is 314 g/mol. The van der Waals surface area contributed by atoms with Crippen molar-refractivity contribution in [2.24, 2.45) is 0 Å². The van der Waals surface area contributed by atoms with Gasteiger partial charge in [0.15, 0.2) is 0 Å². The summed E-state index contributed by atoms with van der Waals surface area (Å²) in [5, 5.41) is 11.8. The molecule has 0 saturated heterocycles. The molecule has 0 fully saturated rings. The average Bonchev–Trinajstić information content (AvgIpc) is 3.03. The van der Waals surface area contributed by atoms with Gasteiger partial charge in [-0.05, 0) is 50.1 Å². The summed E-state index contributed by atoms with van der Waals surface area (Å²) in [5.74, 6) is 6.12. The van der Waals surface area contributed by atoms with Crippen molar-refractivity contribution >= 4 is 22.3 Å². The van der Waals surface area contributed by atoms with E-state index in [1.54, 1.807) is 12.1 Å². The molecule has 3 rings (SSSR count). The highest BCUT2D eigenvalue weighted by molar-refractivity contribution is 5.85. The Morgan fingerprint density at radius 2 is 1.76 bits per heavy atom. The lowest BCUT2D eigenvalue weighted by Gasteiger charge is -2.20. The summed E-state index contributed by atoms with van der Waals surface area (Å²) in [6.45, 7) is 6.22. The number of fused-ring (bicyclic) bond motifs is 1. The lowest BCUT2D eigenvalue weighted by molar-refractivity contribution is -0.384. The van der Waals surface area contributed by atoms with Gasteiger partial charge >= 0.3 is 0 Å². The molecule has 0 atom stereocenters. The van der Waals surface area contributed by atoms with E-state index < -0.39 is 4.92 Å². The molecule has 25 heavy (non-hydrogen) atoms. The normalized spacial score (nSPS) is 10.3. The van der Waals surface area contributed by atoms with Gasteiger partial charge in [0, 0.05) is 47.4 Å². The number of aromatic amines is 1. The zero-order valence-corrected chi connectivity index (χ0v) is 14.2. The van der Waals surface area contributed by atoms with Crippen molar-refractivity contribution in [2.45, 2.75) is 13.8 Å². The molecule has 0 bridgehead atoms. The number of rotatable bonds is 4. The Hall–Kier alpha value is -3.26. The second-order valence-corrected chi connectivity index (χ2v) is 5.68. The summed E-state index contributed by atoms with van der Waals surface area (Å²) < 4.78 is 0. The number of nitrogens with one attached hydrogen (secondary N) is 1. The molecule has 2 aromatic carbocycles. The van der Waals surface area contributed by atoms with Gasteiger partial charge < -0.3 is 9.88 Å². The molecule has 0 saturated carbocycles. The predicted octanol–water partition coefficient (Wildman–Crippen LogP) is 4.32. The molecule has 1 aromatic heterocycles. The van der Waals surface area contributed by atoms with Gasteiger partial charge in [-0.3, -0.25) is 10.1 Å². The van der Waals surface area contributed by atoms with E-state index in [4.69, 9.17) is 0 Å². The zero-order chi connectivity index (χ0) is 17.8. The number of H-pyrrole nitrogens is 1. The van der Waals surface area contributed by atoms with Crippen molar-refractivity contribution in [2.75, 3.05) is 18.0 Å². The number of hydrogen-bond donors (Lipinski definition) is 1. The molecule has 0 aliphatic carbocycles. The van der Waals surface area contributed by atoms with Crippen molar-refractivity contribution in [1.29, 1.82) is 0 Å². The number of anilines is 1. The monoisotopic (exact) mass is 333 g/mol. The summed E-state index contributed by atoms with van der Waals surface area (Å²) in [6.07, 6.45) is 0. The van der Waals surface area contributed by atoms with Gasteiger partial charge in [0.2, 0.25) is 0 Å². The molecule has 0 unspecified atom stereocenters. The van der Waals surface area contributed by atoms with Gasteiger partial charge in [-0.25, -0.2) is 0 Å².